The van der Waals surface area contributed by atoms with Crippen LogP contribution in [-0.4, -0.2) is 29.5 Å². The normalized spacial score (nSPS) is 10.3. The standard InChI is InChI=1S/C9H4N6O8/c16-12(17)5-1-7(14(20)21)9(8(2-5)15(22)23)11-4-6(3-10-11)13(18)19/h1-4H. The van der Waals surface area contributed by atoms with E-state index in [9.17, 15) is 40.5 Å². The molecule has 0 radical (unpaired) electrons. The van der Waals surface area contributed by atoms with Crippen molar-refractivity contribution in [3.05, 3.63) is 65.0 Å². The topological polar surface area (TPSA) is 190 Å². The zero-order valence-corrected chi connectivity index (χ0v) is 10.8. The molecule has 1 aromatic heterocycles. The van der Waals surface area contributed by atoms with Crippen molar-refractivity contribution in [1.82, 2.24) is 9.78 Å². The molecule has 0 aliphatic carbocycles. The lowest BCUT2D eigenvalue weighted by molar-refractivity contribution is -0.402. The summed E-state index contributed by atoms with van der Waals surface area (Å²) in [7, 11) is 0. The van der Waals surface area contributed by atoms with Gasteiger partial charge in [0.2, 0.25) is 5.69 Å². The highest BCUT2D eigenvalue weighted by atomic mass is 16.6. The van der Waals surface area contributed by atoms with Crippen molar-refractivity contribution in [1.29, 1.82) is 0 Å². The van der Waals surface area contributed by atoms with E-state index in [0.717, 1.165) is 12.4 Å². The van der Waals surface area contributed by atoms with E-state index in [1.165, 1.54) is 0 Å². The van der Waals surface area contributed by atoms with Gasteiger partial charge in [-0.15, -0.1) is 0 Å². The van der Waals surface area contributed by atoms with E-state index in [1.807, 2.05) is 0 Å². The molecule has 0 bridgehead atoms. The number of nitrogens with zero attached hydrogens (tertiary/aromatic N) is 6. The molecule has 0 fully saturated rings. The second-order valence-electron chi connectivity index (χ2n) is 4.00. The van der Waals surface area contributed by atoms with Gasteiger partial charge < -0.3 is 0 Å². The Bertz CT molecular complexity index is 822. The van der Waals surface area contributed by atoms with E-state index >= 15 is 0 Å². The number of hydrogen-bond donors (Lipinski definition) is 0. The predicted molar refractivity (Wildman–Crippen MR) is 70.2 cm³/mol. The van der Waals surface area contributed by atoms with Crippen LogP contribution in [0.15, 0.2) is 24.5 Å². The van der Waals surface area contributed by atoms with Gasteiger partial charge in [0, 0.05) is 0 Å². The number of hydrogen-bond acceptors (Lipinski definition) is 9. The molecule has 2 aromatic rings. The molecule has 0 saturated heterocycles. The number of rotatable bonds is 5. The fraction of sp³-hybridized carbons (Fsp3) is 0. The maximum atomic E-state index is 11.1. The number of nitro benzene ring substituents is 3. The SMILES string of the molecule is O=[N+]([O-])c1cc([N+](=O)[O-])c(-n2cc([N+](=O)[O-])cn2)c([N+](=O)[O-])c1. The number of benzene rings is 1. The molecule has 118 valence electrons. The first-order chi connectivity index (χ1) is 10.7. The second-order valence-corrected chi connectivity index (χ2v) is 4.00. The first kappa shape index (κ1) is 15.4. The van der Waals surface area contributed by atoms with Gasteiger partial charge in [-0.3, -0.25) is 40.5 Å². The second kappa shape index (κ2) is 5.43. The average Bonchev–Trinajstić information content (AvgIpc) is 2.95. The third kappa shape index (κ3) is 2.75. The van der Waals surface area contributed by atoms with Crippen molar-refractivity contribution < 1.29 is 19.7 Å². The Kier molecular flexibility index (Phi) is 3.64. The smallest absolute Gasteiger partial charge is 0.258 e. The zero-order chi connectivity index (χ0) is 17.3. The number of nitro groups is 4. The van der Waals surface area contributed by atoms with Gasteiger partial charge >= 0.3 is 17.1 Å². The summed E-state index contributed by atoms with van der Waals surface area (Å²) in [5.74, 6) is 0. The van der Waals surface area contributed by atoms with Crippen molar-refractivity contribution in [2.45, 2.75) is 0 Å². The van der Waals surface area contributed by atoms with Crippen molar-refractivity contribution in [3.63, 3.8) is 0 Å². The molecule has 0 N–H and O–H groups in total. The maximum Gasteiger partial charge on any atom is 0.308 e. The van der Waals surface area contributed by atoms with E-state index in [4.69, 9.17) is 0 Å². The zero-order valence-electron chi connectivity index (χ0n) is 10.8. The van der Waals surface area contributed by atoms with E-state index < -0.39 is 48.1 Å². The number of aromatic nitrogens is 2. The van der Waals surface area contributed by atoms with Crippen LogP contribution in [0.25, 0.3) is 5.69 Å². The Balaban J connectivity index is 2.82. The molecule has 1 heterocycles. The van der Waals surface area contributed by atoms with E-state index in [2.05, 4.69) is 5.10 Å². The third-order valence-corrected chi connectivity index (χ3v) is 2.67. The lowest BCUT2D eigenvalue weighted by atomic mass is 10.2. The summed E-state index contributed by atoms with van der Waals surface area (Å²) < 4.78 is 0.554. The molecule has 14 heteroatoms. The summed E-state index contributed by atoms with van der Waals surface area (Å²) in [6.45, 7) is 0. The monoisotopic (exact) mass is 324 g/mol. The molecule has 0 spiro atoms. The summed E-state index contributed by atoms with van der Waals surface area (Å²) in [5, 5.41) is 47.0. The molecule has 0 amide bonds. The van der Waals surface area contributed by atoms with Gasteiger partial charge in [0.15, 0.2) is 0 Å². The Morgan fingerprint density at radius 3 is 1.61 bits per heavy atom. The Labute approximate surface area is 124 Å². The van der Waals surface area contributed by atoms with Crippen LogP contribution in [0.5, 0.6) is 0 Å². The summed E-state index contributed by atoms with van der Waals surface area (Å²) in [4.78, 5) is 39.5. The maximum absolute atomic E-state index is 11.1. The minimum atomic E-state index is -1.08. The Morgan fingerprint density at radius 1 is 0.783 bits per heavy atom. The largest absolute Gasteiger partial charge is 0.308 e. The van der Waals surface area contributed by atoms with Gasteiger partial charge in [-0.2, -0.15) is 5.10 Å². The number of non-ortho nitro benzene ring substituents is 1. The lowest BCUT2D eigenvalue weighted by Crippen LogP contribution is -2.06. The van der Waals surface area contributed by atoms with Gasteiger partial charge in [-0.05, 0) is 0 Å². The van der Waals surface area contributed by atoms with E-state index in [0.29, 0.717) is 16.8 Å². The summed E-state index contributed by atoms with van der Waals surface area (Å²) >= 11 is 0. The van der Waals surface area contributed by atoms with Crippen LogP contribution in [0.3, 0.4) is 0 Å². The molecule has 14 nitrogen and oxygen atoms in total. The van der Waals surface area contributed by atoms with Crippen LogP contribution in [0.4, 0.5) is 22.7 Å². The van der Waals surface area contributed by atoms with Crippen molar-refractivity contribution >= 4 is 22.7 Å². The summed E-state index contributed by atoms with van der Waals surface area (Å²) in [5.41, 5.74) is -4.12. The highest BCUT2D eigenvalue weighted by molar-refractivity contribution is 5.69. The molecule has 0 unspecified atom stereocenters. The fourth-order valence-electron chi connectivity index (χ4n) is 1.74. The van der Waals surface area contributed by atoms with Gasteiger partial charge in [0.05, 0.1) is 31.8 Å². The molecule has 2 rings (SSSR count). The molecule has 23 heavy (non-hydrogen) atoms. The molecule has 1 aromatic carbocycles. The molecular formula is C9H4N6O8. The quantitative estimate of drug-likeness (QED) is 0.578. The van der Waals surface area contributed by atoms with Crippen LogP contribution in [0, 0.1) is 40.5 Å². The summed E-state index contributed by atoms with van der Waals surface area (Å²) in [6, 6.07) is 1.02. The average molecular weight is 324 g/mol. The van der Waals surface area contributed by atoms with Crippen LogP contribution >= 0.6 is 0 Å². The molecular weight excluding hydrogens is 320 g/mol. The minimum Gasteiger partial charge on any atom is -0.258 e. The van der Waals surface area contributed by atoms with Gasteiger partial charge in [-0.25, -0.2) is 4.68 Å². The van der Waals surface area contributed by atoms with Crippen molar-refractivity contribution in [2.75, 3.05) is 0 Å². The van der Waals surface area contributed by atoms with E-state index in [1.54, 1.807) is 0 Å². The van der Waals surface area contributed by atoms with Crippen LogP contribution in [-0.2, 0) is 0 Å². The van der Waals surface area contributed by atoms with E-state index in [-0.39, 0.29) is 0 Å². The van der Waals surface area contributed by atoms with Crippen LogP contribution in [0.1, 0.15) is 0 Å². The van der Waals surface area contributed by atoms with Crippen molar-refractivity contribution in [3.8, 4) is 5.69 Å². The van der Waals surface area contributed by atoms with Crippen LogP contribution < -0.4 is 0 Å². The lowest BCUT2D eigenvalue weighted by Gasteiger charge is -2.04. The minimum absolute atomic E-state index is 0.510. The molecule has 0 aliphatic rings. The van der Waals surface area contributed by atoms with Gasteiger partial charge in [0.1, 0.15) is 12.4 Å². The summed E-state index contributed by atoms with van der Waals surface area (Å²) in [6.07, 6.45) is 1.45. The highest BCUT2D eigenvalue weighted by Gasteiger charge is 2.33. The third-order valence-electron chi connectivity index (χ3n) is 2.67. The molecule has 0 aliphatic heterocycles. The predicted octanol–water partition coefficient (Wildman–Crippen LogP) is 1.51. The first-order valence-electron chi connectivity index (χ1n) is 5.53. The van der Waals surface area contributed by atoms with Crippen molar-refractivity contribution in [2.24, 2.45) is 0 Å². The fourth-order valence-corrected chi connectivity index (χ4v) is 1.74. The Morgan fingerprint density at radius 2 is 1.26 bits per heavy atom. The van der Waals surface area contributed by atoms with Gasteiger partial charge in [0.25, 0.3) is 5.69 Å². The molecule has 0 saturated carbocycles. The first-order valence-corrected chi connectivity index (χ1v) is 5.53. The highest BCUT2D eigenvalue weighted by Crippen LogP contribution is 2.36. The van der Waals surface area contributed by atoms with Crippen LogP contribution in [0.2, 0.25) is 0 Å². The van der Waals surface area contributed by atoms with Gasteiger partial charge in [-0.1, -0.05) is 0 Å². The Hall–Kier alpha value is -3.97. The molecule has 0 atom stereocenters.